The number of phosphoric ester groups is 1. The van der Waals surface area contributed by atoms with Crippen LogP contribution in [0.4, 0.5) is 0 Å². The first-order valence-corrected chi connectivity index (χ1v) is 25.1. The number of hydrogen-bond donors (Lipinski definition) is 8. The predicted molar refractivity (Wildman–Crippen MR) is 251 cm³/mol. The van der Waals surface area contributed by atoms with Gasteiger partial charge in [0.25, 0.3) is 0 Å². The number of esters is 2. The van der Waals surface area contributed by atoms with Crippen LogP contribution >= 0.6 is 7.82 Å². The molecule has 1 aliphatic rings. The second-order valence-electron chi connectivity index (χ2n) is 16.3. The summed E-state index contributed by atoms with van der Waals surface area (Å²) in [6.45, 7) is 2.92. The monoisotopic (exact) mass is 941 g/mol. The van der Waals surface area contributed by atoms with Crippen molar-refractivity contribution in [3.8, 4) is 0 Å². The van der Waals surface area contributed by atoms with E-state index in [9.17, 15) is 54.8 Å². The summed E-state index contributed by atoms with van der Waals surface area (Å²) in [5.41, 5.74) is 0. The van der Waals surface area contributed by atoms with Crippen molar-refractivity contribution in [1.29, 1.82) is 0 Å². The van der Waals surface area contributed by atoms with Crippen molar-refractivity contribution in [1.82, 2.24) is 0 Å². The van der Waals surface area contributed by atoms with Crippen LogP contribution in [0.2, 0.25) is 0 Å². The molecule has 8 N–H and O–H groups in total. The Kier molecular flexibility index (Phi) is 35.0. The van der Waals surface area contributed by atoms with Gasteiger partial charge in [-0.3, -0.25) is 18.6 Å². The first-order chi connectivity index (χ1) is 31.2. The highest BCUT2D eigenvalue weighted by atomic mass is 31.2. The van der Waals surface area contributed by atoms with Gasteiger partial charge in [-0.2, -0.15) is 0 Å². The van der Waals surface area contributed by atoms with E-state index in [1.54, 1.807) is 42.5 Å². The van der Waals surface area contributed by atoms with E-state index in [2.05, 4.69) is 19.1 Å². The average molecular weight is 941 g/mol. The highest BCUT2D eigenvalue weighted by Gasteiger charge is 2.51. The highest BCUT2D eigenvalue weighted by Crippen LogP contribution is 2.47. The Morgan fingerprint density at radius 1 is 0.585 bits per heavy atom. The van der Waals surface area contributed by atoms with Gasteiger partial charge in [-0.15, -0.1) is 0 Å². The topological polar surface area (TPSA) is 250 Å². The third-order valence-electron chi connectivity index (χ3n) is 10.4. The molecule has 0 radical (unpaired) electrons. The zero-order chi connectivity index (χ0) is 48.1. The number of aliphatic hydroxyl groups excluding tert-OH is 7. The minimum atomic E-state index is -5.17. The highest BCUT2D eigenvalue weighted by molar-refractivity contribution is 7.47. The quantitative estimate of drug-likeness (QED) is 0.0101. The molecule has 0 aromatic heterocycles. The molecule has 1 aliphatic carbocycles. The van der Waals surface area contributed by atoms with Crippen LogP contribution in [0.5, 0.6) is 0 Å². The normalized spacial score (nSPS) is 23.2. The molecule has 3 unspecified atom stereocenters. The van der Waals surface area contributed by atoms with Gasteiger partial charge in [0.05, 0.1) is 18.8 Å². The molecular formula is C49H81O15P. The van der Waals surface area contributed by atoms with Crippen LogP contribution in [0.3, 0.4) is 0 Å². The van der Waals surface area contributed by atoms with Gasteiger partial charge in [0.15, 0.2) is 6.10 Å². The smallest absolute Gasteiger partial charge is 0.462 e. The lowest BCUT2D eigenvalue weighted by Gasteiger charge is -2.41. The number of aliphatic hydroxyl groups is 7. The fourth-order valence-corrected chi connectivity index (χ4v) is 7.52. The van der Waals surface area contributed by atoms with Gasteiger partial charge >= 0.3 is 19.8 Å². The molecule has 1 rings (SSSR count). The zero-order valence-corrected chi connectivity index (χ0v) is 39.6. The summed E-state index contributed by atoms with van der Waals surface area (Å²) in [6.07, 6.45) is 28.4. The fraction of sp³-hybridized carbons (Fsp3) is 0.673. The van der Waals surface area contributed by atoms with E-state index in [0.29, 0.717) is 32.1 Å². The maximum atomic E-state index is 12.8. The molecule has 0 aromatic carbocycles. The maximum absolute atomic E-state index is 12.8. The van der Waals surface area contributed by atoms with Crippen molar-refractivity contribution in [3.05, 3.63) is 85.1 Å². The molecular weight excluding hydrogens is 859 g/mol. The molecule has 0 spiro atoms. The van der Waals surface area contributed by atoms with Crippen molar-refractivity contribution in [2.24, 2.45) is 0 Å². The average Bonchev–Trinajstić information content (AvgIpc) is 3.28. The minimum Gasteiger partial charge on any atom is -0.462 e. The number of unbranched alkanes of at least 4 members (excludes halogenated alkanes) is 12. The molecule has 10 atom stereocenters. The van der Waals surface area contributed by atoms with E-state index < -0.39 is 87.9 Å². The molecule has 372 valence electrons. The molecule has 0 heterocycles. The first-order valence-electron chi connectivity index (χ1n) is 23.6. The second-order valence-corrected chi connectivity index (χ2v) is 17.7. The summed E-state index contributed by atoms with van der Waals surface area (Å²) in [4.78, 5) is 35.7. The van der Waals surface area contributed by atoms with E-state index in [0.717, 1.165) is 57.8 Å². The lowest BCUT2D eigenvalue weighted by Crippen LogP contribution is -2.64. The molecule has 0 aliphatic heterocycles. The standard InChI is InChI=1S/C49H81O15P/c1-3-5-7-8-9-10-11-12-13-14-15-16-20-23-29-36-43(53)63-41(38-62-65(59,60)64-49-47(57)45(55)44(54)46(56)48(49)58)37-61-42(52)35-30-24-28-34-40(51)33-27-22-19-17-18-21-26-32-39(50)31-25-6-4-2/h6,10-11,18-19,21-22,25-28,32-34,39-41,44-51,54-58H,3-5,7-9,12-17,20,23-24,29-31,35-38H2,1-2H3,(H,59,60)/b11-10-,21-18-,22-19-,25-6-,32-26+,33-27+,34-28-/t39-,40-,41-,44?,45-,46+,47-,48-,49?/m1/s1. The lowest BCUT2D eigenvalue weighted by atomic mass is 9.85. The number of carbonyl (C=O) groups excluding carboxylic acids is 2. The van der Waals surface area contributed by atoms with Crippen LogP contribution in [0.1, 0.15) is 142 Å². The summed E-state index contributed by atoms with van der Waals surface area (Å²) < 4.78 is 33.4. The lowest BCUT2D eigenvalue weighted by molar-refractivity contribution is -0.220. The maximum Gasteiger partial charge on any atom is 0.472 e. The van der Waals surface area contributed by atoms with Crippen molar-refractivity contribution in [2.45, 2.75) is 197 Å². The number of carbonyl (C=O) groups is 2. The van der Waals surface area contributed by atoms with Gasteiger partial charge in [0.1, 0.15) is 43.2 Å². The fourth-order valence-electron chi connectivity index (χ4n) is 6.55. The van der Waals surface area contributed by atoms with Crippen LogP contribution in [0.25, 0.3) is 0 Å². The zero-order valence-electron chi connectivity index (χ0n) is 38.7. The Hall–Kier alpha value is -3.05. The third kappa shape index (κ3) is 30.8. The number of rotatable bonds is 37. The predicted octanol–water partition coefficient (Wildman–Crippen LogP) is 7.22. The van der Waals surface area contributed by atoms with Crippen molar-refractivity contribution < 1.29 is 73.3 Å². The summed E-state index contributed by atoms with van der Waals surface area (Å²) in [5.74, 6) is -1.30. The van der Waals surface area contributed by atoms with Gasteiger partial charge in [0.2, 0.25) is 0 Å². The first kappa shape index (κ1) is 60.0. The van der Waals surface area contributed by atoms with Crippen molar-refractivity contribution in [3.63, 3.8) is 0 Å². The van der Waals surface area contributed by atoms with Gasteiger partial charge in [-0.1, -0.05) is 150 Å². The summed E-state index contributed by atoms with van der Waals surface area (Å²) in [6, 6.07) is 0. The molecule has 16 heteroatoms. The summed E-state index contributed by atoms with van der Waals surface area (Å²) >= 11 is 0. The Morgan fingerprint density at radius 3 is 1.77 bits per heavy atom. The molecule has 15 nitrogen and oxygen atoms in total. The van der Waals surface area contributed by atoms with Crippen LogP contribution in [0.15, 0.2) is 85.1 Å². The molecule has 0 aromatic rings. The number of phosphoric acid groups is 1. The molecule has 1 saturated carbocycles. The van der Waals surface area contributed by atoms with E-state index in [1.807, 2.05) is 37.3 Å². The van der Waals surface area contributed by atoms with Crippen LogP contribution in [-0.4, -0.2) is 121 Å². The Bertz CT molecular complexity index is 1490. The third-order valence-corrected chi connectivity index (χ3v) is 11.4. The number of hydrogen-bond acceptors (Lipinski definition) is 14. The van der Waals surface area contributed by atoms with Crippen LogP contribution in [0, 0.1) is 0 Å². The SMILES string of the molecule is CC/C=C\C[C@@H](O)/C=C/C=C\C/C=C\C=C\[C@@H](O)/C=C\CCCC(=O)OC[C@H](COP(=O)(O)OC1[C@H](O)[C@H](O)C(O)[C@H](O)[C@H]1O)OC(=O)CCCCCCCCC/C=C\CCCCCC. The van der Waals surface area contributed by atoms with Crippen LogP contribution in [-0.2, 0) is 32.7 Å². The van der Waals surface area contributed by atoms with Gasteiger partial charge < -0.3 is 50.1 Å². The van der Waals surface area contributed by atoms with Gasteiger partial charge in [0, 0.05) is 12.8 Å². The molecule has 0 amide bonds. The van der Waals surface area contributed by atoms with E-state index >= 15 is 0 Å². The number of allylic oxidation sites excluding steroid dienone is 10. The Morgan fingerprint density at radius 2 is 1.14 bits per heavy atom. The van der Waals surface area contributed by atoms with Crippen LogP contribution < -0.4 is 0 Å². The van der Waals surface area contributed by atoms with E-state index in [1.165, 1.54) is 25.7 Å². The van der Waals surface area contributed by atoms with Gasteiger partial charge in [-0.25, -0.2) is 4.57 Å². The Labute approximate surface area is 387 Å². The summed E-state index contributed by atoms with van der Waals surface area (Å²) in [5, 5.41) is 70.2. The molecule has 1 fully saturated rings. The second kappa shape index (κ2) is 38.0. The van der Waals surface area contributed by atoms with E-state index in [4.69, 9.17) is 18.5 Å². The van der Waals surface area contributed by atoms with Crippen molar-refractivity contribution in [2.75, 3.05) is 13.2 Å². The van der Waals surface area contributed by atoms with Crippen molar-refractivity contribution >= 4 is 19.8 Å². The van der Waals surface area contributed by atoms with E-state index in [-0.39, 0.29) is 12.8 Å². The Balaban J connectivity index is 2.57. The molecule has 0 saturated heterocycles. The molecule has 65 heavy (non-hydrogen) atoms. The largest absolute Gasteiger partial charge is 0.472 e. The minimum absolute atomic E-state index is 0.0243. The molecule has 0 bridgehead atoms. The van der Waals surface area contributed by atoms with Gasteiger partial charge in [-0.05, 0) is 64.2 Å². The number of ether oxygens (including phenoxy) is 2. The summed E-state index contributed by atoms with van der Waals surface area (Å²) in [7, 11) is -5.17.